The number of nitrogens with zero attached hydrogens (tertiary/aromatic N) is 4. The van der Waals surface area contributed by atoms with E-state index >= 15 is 0 Å². The molecule has 3 heterocycles. The average Bonchev–Trinajstić information content (AvgIpc) is 3.38. The molecule has 0 atom stereocenters. The van der Waals surface area contributed by atoms with Gasteiger partial charge in [0.25, 0.3) is 22.9 Å². The van der Waals surface area contributed by atoms with Gasteiger partial charge >= 0.3 is 0 Å². The van der Waals surface area contributed by atoms with Crippen LogP contribution in [0.25, 0.3) is 27.7 Å². The summed E-state index contributed by atoms with van der Waals surface area (Å²) < 4.78 is 10.1. The first kappa shape index (κ1) is 26.9. The quantitative estimate of drug-likeness (QED) is 0.283. The van der Waals surface area contributed by atoms with Crippen LogP contribution in [-0.4, -0.2) is 37.9 Å². The van der Waals surface area contributed by atoms with Crippen LogP contribution in [0, 0.1) is 6.92 Å². The fourth-order valence-electron chi connectivity index (χ4n) is 4.74. The van der Waals surface area contributed by atoms with Crippen LogP contribution in [0.3, 0.4) is 0 Å². The van der Waals surface area contributed by atoms with Gasteiger partial charge in [-0.05, 0) is 71.7 Å². The van der Waals surface area contributed by atoms with E-state index in [2.05, 4.69) is 31.5 Å². The molecule has 0 spiro atoms. The Bertz CT molecular complexity index is 1910. The Kier molecular flexibility index (Phi) is 7.03. The van der Waals surface area contributed by atoms with E-state index in [1.54, 1.807) is 73.3 Å². The molecule has 3 aromatic heterocycles. The van der Waals surface area contributed by atoms with E-state index in [9.17, 15) is 19.2 Å². The van der Waals surface area contributed by atoms with Crippen LogP contribution in [0.1, 0.15) is 33.5 Å². The standard InChI is InChI=1S/C28H25BrN6O5/c1-5-34-24-20(14-21(29)32-23(24)26(37)31-18-8-6-7-17(13-18)25(36)30-3)27(38)35(34)19-11-9-16(10-12-19)22-15(2)40-33(4)28(22)39/h6-14H,5H2,1-4H3,(H,30,36)(H,31,37). The number of fused-ring (bicyclic) bond motifs is 1. The van der Waals surface area contributed by atoms with Crippen LogP contribution in [0.5, 0.6) is 0 Å². The van der Waals surface area contributed by atoms with Gasteiger partial charge in [-0.3, -0.25) is 23.9 Å². The predicted molar refractivity (Wildman–Crippen MR) is 154 cm³/mol. The molecule has 11 nitrogen and oxygen atoms in total. The summed E-state index contributed by atoms with van der Waals surface area (Å²) in [5.41, 5.74) is 2.26. The number of nitrogens with one attached hydrogen (secondary N) is 2. The molecule has 2 aromatic carbocycles. The second kappa shape index (κ2) is 10.5. The summed E-state index contributed by atoms with van der Waals surface area (Å²) in [6.07, 6.45) is 0. The van der Waals surface area contributed by atoms with Gasteiger partial charge in [-0.15, -0.1) is 0 Å². The number of pyridine rings is 1. The summed E-state index contributed by atoms with van der Waals surface area (Å²) in [6, 6.07) is 15.1. The molecule has 5 rings (SSSR count). The molecular formula is C28H25BrN6O5. The maximum absolute atomic E-state index is 13.7. The molecule has 40 heavy (non-hydrogen) atoms. The van der Waals surface area contributed by atoms with Gasteiger partial charge in [-0.1, -0.05) is 18.2 Å². The molecule has 0 aliphatic heterocycles. The molecule has 2 N–H and O–H groups in total. The Morgan fingerprint density at radius 1 is 1.02 bits per heavy atom. The molecule has 0 radical (unpaired) electrons. The summed E-state index contributed by atoms with van der Waals surface area (Å²) in [5, 5.41) is 5.64. The van der Waals surface area contributed by atoms with Crippen LogP contribution >= 0.6 is 15.9 Å². The number of hydrogen-bond acceptors (Lipinski definition) is 6. The molecular weight excluding hydrogens is 580 g/mol. The Labute approximate surface area is 236 Å². The highest BCUT2D eigenvalue weighted by atomic mass is 79.9. The minimum Gasteiger partial charge on any atom is -0.381 e. The summed E-state index contributed by atoms with van der Waals surface area (Å²) >= 11 is 3.33. The molecule has 5 aromatic rings. The minimum atomic E-state index is -0.540. The lowest BCUT2D eigenvalue weighted by molar-refractivity contribution is 0.0961. The molecule has 204 valence electrons. The van der Waals surface area contributed by atoms with Crippen molar-refractivity contribution in [3.05, 3.63) is 96.9 Å². The second-order valence-electron chi connectivity index (χ2n) is 9.01. The number of aromatic nitrogens is 4. The van der Waals surface area contributed by atoms with Crippen molar-refractivity contribution in [1.29, 1.82) is 0 Å². The Morgan fingerprint density at radius 2 is 1.75 bits per heavy atom. The Balaban J connectivity index is 1.60. The van der Waals surface area contributed by atoms with Gasteiger partial charge in [-0.25, -0.2) is 9.67 Å². The third-order valence-corrected chi connectivity index (χ3v) is 6.94. The highest BCUT2D eigenvalue weighted by molar-refractivity contribution is 9.10. The van der Waals surface area contributed by atoms with Crippen LogP contribution < -0.4 is 21.8 Å². The fourth-order valence-corrected chi connectivity index (χ4v) is 5.15. The van der Waals surface area contributed by atoms with Gasteiger partial charge in [0.15, 0.2) is 5.69 Å². The number of carbonyl (C=O) groups is 2. The van der Waals surface area contributed by atoms with Gasteiger partial charge in [-0.2, -0.15) is 4.74 Å². The van der Waals surface area contributed by atoms with Crippen molar-refractivity contribution in [3.63, 3.8) is 0 Å². The highest BCUT2D eigenvalue weighted by Crippen LogP contribution is 2.25. The molecule has 0 fully saturated rings. The molecule has 0 aliphatic carbocycles. The van der Waals surface area contributed by atoms with E-state index in [1.165, 1.54) is 16.5 Å². The number of carbonyl (C=O) groups excluding carboxylic acids is 2. The van der Waals surface area contributed by atoms with E-state index < -0.39 is 5.91 Å². The summed E-state index contributed by atoms with van der Waals surface area (Å²) in [5.74, 6) is -0.334. The van der Waals surface area contributed by atoms with Crippen molar-refractivity contribution in [2.45, 2.75) is 20.4 Å². The maximum Gasteiger partial charge on any atom is 0.290 e. The highest BCUT2D eigenvalue weighted by Gasteiger charge is 2.23. The number of halogens is 1. The molecule has 0 saturated heterocycles. The smallest absolute Gasteiger partial charge is 0.290 e. The van der Waals surface area contributed by atoms with Gasteiger partial charge in [0.1, 0.15) is 15.9 Å². The van der Waals surface area contributed by atoms with Crippen molar-refractivity contribution in [1.82, 2.24) is 24.4 Å². The first-order valence-electron chi connectivity index (χ1n) is 12.4. The molecule has 0 saturated carbocycles. The minimum absolute atomic E-state index is 0.0431. The molecule has 0 bridgehead atoms. The van der Waals surface area contributed by atoms with Crippen molar-refractivity contribution in [2.24, 2.45) is 7.05 Å². The van der Waals surface area contributed by atoms with E-state index in [4.69, 9.17) is 4.52 Å². The summed E-state index contributed by atoms with van der Waals surface area (Å²) in [7, 11) is 3.07. The van der Waals surface area contributed by atoms with Crippen molar-refractivity contribution in [3.8, 4) is 16.8 Å². The zero-order valence-electron chi connectivity index (χ0n) is 22.1. The second-order valence-corrected chi connectivity index (χ2v) is 9.82. The van der Waals surface area contributed by atoms with E-state index in [-0.39, 0.29) is 22.7 Å². The average molecular weight is 605 g/mol. The Hall–Kier alpha value is -4.71. The first-order chi connectivity index (χ1) is 19.1. The zero-order chi connectivity index (χ0) is 28.7. The SMILES string of the molecule is CCn1c2c(C(=O)Nc3cccc(C(=O)NC)c3)nc(Br)cc2c(=O)n1-c1ccc(-c2c(C)on(C)c2=O)cc1. The molecule has 0 aliphatic rings. The fraction of sp³-hybridized carbons (Fsp3) is 0.179. The van der Waals surface area contributed by atoms with Gasteiger partial charge in [0, 0.05) is 31.9 Å². The number of rotatable bonds is 6. The van der Waals surface area contributed by atoms with Gasteiger partial charge in [0.2, 0.25) is 0 Å². The third-order valence-electron chi connectivity index (χ3n) is 6.53. The topological polar surface area (TPSA) is 133 Å². The van der Waals surface area contributed by atoms with Crippen LogP contribution in [0.2, 0.25) is 0 Å². The number of amides is 2. The van der Waals surface area contributed by atoms with E-state index in [0.717, 1.165) is 0 Å². The number of hydrogen-bond donors (Lipinski definition) is 2. The maximum atomic E-state index is 13.7. The number of benzene rings is 2. The summed E-state index contributed by atoms with van der Waals surface area (Å²) in [6.45, 7) is 3.94. The zero-order valence-corrected chi connectivity index (χ0v) is 23.7. The van der Waals surface area contributed by atoms with E-state index in [1.807, 2.05) is 6.92 Å². The third kappa shape index (κ3) is 4.56. The van der Waals surface area contributed by atoms with Gasteiger partial charge < -0.3 is 15.2 Å². The molecule has 2 amide bonds. The molecule has 0 unspecified atom stereocenters. The van der Waals surface area contributed by atoms with Gasteiger partial charge in [0.05, 0.1) is 16.6 Å². The van der Waals surface area contributed by atoms with Crippen LogP contribution in [0.4, 0.5) is 5.69 Å². The largest absolute Gasteiger partial charge is 0.381 e. The van der Waals surface area contributed by atoms with Crippen molar-refractivity contribution < 1.29 is 14.1 Å². The van der Waals surface area contributed by atoms with Crippen molar-refractivity contribution >= 4 is 44.3 Å². The number of aryl methyl sites for hydroxylation is 3. The predicted octanol–water partition coefficient (Wildman–Crippen LogP) is 3.85. The van der Waals surface area contributed by atoms with Crippen LogP contribution in [0.15, 0.2) is 73.3 Å². The number of anilines is 1. The lowest BCUT2D eigenvalue weighted by Crippen LogP contribution is -2.21. The van der Waals surface area contributed by atoms with E-state index in [0.29, 0.717) is 55.9 Å². The molecule has 12 heteroatoms. The van der Waals surface area contributed by atoms with Crippen LogP contribution in [-0.2, 0) is 13.6 Å². The lowest BCUT2D eigenvalue weighted by atomic mass is 10.1. The van der Waals surface area contributed by atoms with Crippen molar-refractivity contribution in [2.75, 3.05) is 12.4 Å². The summed E-state index contributed by atoms with van der Waals surface area (Å²) in [4.78, 5) is 56.1. The first-order valence-corrected chi connectivity index (χ1v) is 13.2. The lowest BCUT2D eigenvalue weighted by Gasteiger charge is -2.13. The Morgan fingerprint density at radius 3 is 2.38 bits per heavy atom. The monoisotopic (exact) mass is 604 g/mol. The normalized spacial score (nSPS) is 11.1.